The summed E-state index contributed by atoms with van der Waals surface area (Å²) in [7, 11) is 0. The van der Waals surface area contributed by atoms with Gasteiger partial charge in [0.05, 0.1) is 12.7 Å². The third-order valence-corrected chi connectivity index (χ3v) is 3.59. The molecule has 1 heterocycles. The highest BCUT2D eigenvalue weighted by atomic mass is 79.9. The predicted octanol–water partition coefficient (Wildman–Crippen LogP) is 3.34. The van der Waals surface area contributed by atoms with Gasteiger partial charge in [-0.15, -0.1) is 5.10 Å². The Morgan fingerprint density at radius 3 is 2.55 bits per heavy atom. The number of benzene rings is 2. The third kappa shape index (κ3) is 3.59. The van der Waals surface area contributed by atoms with Crippen LogP contribution in [0.2, 0.25) is 0 Å². The smallest absolute Gasteiger partial charge is 0.277 e. The lowest BCUT2D eigenvalue weighted by molar-refractivity contribution is 0.102. The van der Waals surface area contributed by atoms with E-state index in [0.717, 1.165) is 10.0 Å². The maximum absolute atomic E-state index is 12.1. The maximum atomic E-state index is 12.1. The fourth-order valence-electron chi connectivity index (χ4n) is 1.98. The first-order valence-corrected chi connectivity index (χ1v) is 7.51. The molecule has 3 aromatic rings. The van der Waals surface area contributed by atoms with Gasteiger partial charge in [-0.25, -0.2) is 4.68 Å². The third-order valence-electron chi connectivity index (χ3n) is 3.06. The van der Waals surface area contributed by atoms with Crippen molar-refractivity contribution in [1.82, 2.24) is 15.0 Å². The van der Waals surface area contributed by atoms with E-state index in [2.05, 4.69) is 31.6 Å². The number of halogens is 1. The van der Waals surface area contributed by atoms with Gasteiger partial charge < -0.3 is 5.32 Å². The van der Waals surface area contributed by atoms with Crippen LogP contribution in [-0.2, 0) is 6.54 Å². The number of hydrogen-bond acceptors (Lipinski definition) is 3. The molecule has 110 valence electrons. The Labute approximate surface area is 136 Å². The average molecular weight is 357 g/mol. The first-order valence-electron chi connectivity index (χ1n) is 6.72. The molecule has 6 heteroatoms. The van der Waals surface area contributed by atoms with Gasteiger partial charge in [0, 0.05) is 10.2 Å². The molecule has 0 fully saturated rings. The van der Waals surface area contributed by atoms with E-state index in [-0.39, 0.29) is 5.91 Å². The minimum Gasteiger partial charge on any atom is -0.321 e. The summed E-state index contributed by atoms with van der Waals surface area (Å²) < 4.78 is 2.60. The Hall–Kier alpha value is -2.47. The van der Waals surface area contributed by atoms with Crippen LogP contribution in [0.3, 0.4) is 0 Å². The first-order chi connectivity index (χ1) is 10.7. The van der Waals surface area contributed by atoms with E-state index in [1.165, 1.54) is 0 Å². The molecule has 0 aliphatic carbocycles. The summed E-state index contributed by atoms with van der Waals surface area (Å²) in [6, 6.07) is 17.3. The van der Waals surface area contributed by atoms with Gasteiger partial charge in [-0.2, -0.15) is 0 Å². The van der Waals surface area contributed by atoms with Gasteiger partial charge in [0.25, 0.3) is 5.91 Å². The molecule has 22 heavy (non-hydrogen) atoms. The summed E-state index contributed by atoms with van der Waals surface area (Å²) in [5.41, 5.74) is 2.11. The van der Waals surface area contributed by atoms with Crippen LogP contribution in [0.15, 0.2) is 65.3 Å². The average Bonchev–Trinajstić information content (AvgIpc) is 2.99. The molecule has 0 saturated carbocycles. The second-order valence-corrected chi connectivity index (χ2v) is 5.66. The molecule has 0 radical (unpaired) electrons. The normalized spacial score (nSPS) is 10.4. The van der Waals surface area contributed by atoms with Crippen LogP contribution in [0.1, 0.15) is 16.1 Å². The number of rotatable bonds is 4. The van der Waals surface area contributed by atoms with E-state index in [0.29, 0.717) is 17.9 Å². The standard InChI is InChI=1S/C16H13BrN4O/c17-13-6-8-14(9-7-13)18-16(22)15-11-21(20-19-15)10-12-4-2-1-3-5-12/h1-9,11H,10H2,(H,18,22). The molecule has 2 aromatic carbocycles. The monoisotopic (exact) mass is 356 g/mol. The van der Waals surface area contributed by atoms with Crippen molar-refractivity contribution in [2.24, 2.45) is 0 Å². The van der Waals surface area contributed by atoms with Crippen molar-refractivity contribution in [3.63, 3.8) is 0 Å². The molecule has 0 bridgehead atoms. The SMILES string of the molecule is O=C(Nc1ccc(Br)cc1)c1cn(Cc2ccccc2)nn1. The molecule has 1 N–H and O–H groups in total. The lowest BCUT2D eigenvalue weighted by Crippen LogP contribution is -2.12. The van der Waals surface area contributed by atoms with E-state index in [9.17, 15) is 4.79 Å². The van der Waals surface area contributed by atoms with Gasteiger partial charge in [-0.3, -0.25) is 4.79 Å². The Balaban J connectivity index is 1.67. The molecule has 0 saturated heterocycles. The van der Waals surface area contributed by atoms with Gasteiger partial charge in [0.1, 0.15) is 0 Å². The van der Waals surface area contributed by atoms with E-state index in [4.69, 9.17) is 0 Å². The maximum Gasteiger partial charge on any atom is 0.277 e. The number of carbonyl (C=O) groups is 1. The fourth-order valence-corrected chi connectivity index (χ4v) is 2.24. The summed E-state index contributed by atoms with van der Waals surface area (Å²) in [5.74, 6) is -0.276. The predicted molar refractivity (Wildman–Crippen MR) is 87.7 cm³/mol. The summed E-state index contributed by atoms with van der Waals surface area (Å²) in [4.78, 5) is 12.1. The molecule has 0 aliphatic heterocycles. The van der Waals surface area contributed by atoms with Crippen molar-refractivity contribution >= 4 is 27.5 Å². The van der Waals surface area contributed by atoms with Crippen LogP contribution in [0.4, 0.5) is 5.69 Å². The molecule has 0 spiro atoms. The van der Waals surface area contributed by atoms with Crippen molar-refractivity contribution < 1.29 is 4.79 Å². The molecule has 0 aliphatic rings. The quantitative estimate of drug-likeness (QED) is 0.779. The van der Waals surface area contributed by atoms with E-state index >= 15 is 0 Å². The second kappa shape index (κ2) is 6.53. The van der Waals surface area contributed by atoms with E-state index in [1.54, 1.807) is 10.9 Å². The van der Waals surface area contributed by atoms with Crippen LogP contribution in [-0.4, -0.2) is 20.9 Å². The summed E-state index contributed by atoms with van der Waals surface area (Å²) in [6.45, 7) is 0.583. The van der Waals surface area contributed by atoms with Gasteiger partial charge in [-0.1, -0.05) is 51.5 Å². The zero-order valence-electron chi connectivity index (χ0n) is 11.6. The van der Waals surface area contributed by atoms with Crippen molar-refractivity contribution in [3.8, 4) is 0 Å². The van der Waals surface area contributed by atoms with Gasteiger partial charge in [0.15, 0.2) is 5.69 Å². The molecular weight excluding hydrogens is 344 g/mol. The molecule has 1 aromatic heterocycles. The zero-order valence-corrected chi connectivity index (χ0v) is 13.2. The Morgan fingerprint density at radius 1 is 1.09 bits per heavy atom. The highest BCUT2D eigenvalue weighted by Crippen LogP contribution is 2.14. The minimum atomic E-state index is -0.276. The number of aromatic nitrogens is 3. The molecular formula is C16H13BrN4O. The molecule has 0 unspecified atom stereocenters. The van der Waals surface area contributed by atoms with E-state index in [1.807, 2.05) is 54.6 Å². The summed E-state index contributed by atoms with van der Waals surface area (Å²) >= 11 is 3.35. The van der Waals surface area contributed by atoms with Crippen molar-refractivity contribution in [3.05, 3.63) is 76.5 Å². The number of amides is 1. The van der Waals surface area contributed by atoms with E-state index < -0.39 is 0 Å². The van der Waals surface area contributed by atoms with Gasteiger partial charge in [-0.05, 0) is 29.8 Å². The van der Waals surface area contributed by atoms with Gasteiger partial charge in [0.2, 0.25) is 0 Å². The molecule has 0 atom stereocenters. The lowest BCUT2D eigenvalue weighted by atomic mass is 10.2. The van der Waals surface area contributed by atoms with Crippen molar-refractivity contribution in [1.29, 1.82) is 0 Å². The first kappa shape index (κ1) is 14.5. The molecule has 1 amide bonds. The van der Waals surface area contributed by atoms with Crippen LogP contribution in [0.25, 0.3) is 0 Å². The summed E-state index contributed by atoms with van der Waals surface area (Å²) in [6.07, 6.45) is 1.64. The number of hydrogen-bond donors (Lipinski definition) is 1. The van der Waals surface area contributed by atoms with Crippen molar-refractivity contribution in [2.75, 3.05) is 5.32 Å². The Bertz CT molecular complexity index is 768. The Morgan fingerprint density at radius 2 is 1.82 bits per heavy atom. The topological polar surface area (TPSA) is 59.8 Å². The van der Waals surface area contributed by atoms with Gasteiger partial charge >= 0.3 is 0 Å². The number of anilines is 1. The van der Waals surface area contributed by atoms with Crippen molar-refractivity contribution in [2.45, 2.75) is 6.54 Å². The second-order valence-electron chi connectivity index (χ2n) is 4.75. The Kier molecular flexibility index (Phi) is 4.29. The van der Waals surface area contributed by atoms with Crippen LogP contribution >= 0.6 is 15.9 Å². The largest absolute Gasteiger partial charge is 0.321 e. The number of carbonyl (C=O) groups excluding carboxylic acids is 1. The number of nitrogens with zero attached hydrogens (tertiary/aromatic N) is 3. The molecule has 3 rings (SSSR count). The minimum absolute atomic E-state index is 0.276. The number of nitrogens with one attached hydrogen (secondary N) is 1. The zero-order chi connectivity index (χ0) is 15.4. The lowest BCUT2D eigenvalue weighted by Gasteiger charge is -2.02. The van der Waals surface area contributed by atoms with Crippen LogP contribution in [0, 0.1) is 0 Å². The van der Waals surface area contributed by atoms with Crippen LogP contribution in [0.5, 0.6) is 0 Å². The summed E-state index contributed by atoms with van der Waals surface area (Å²) in [5, 5.41) is 10.7. The highest BCUT2D eigenvalue weighted by Gasteiger charge is 2.11. The van der Waals surface area contributed by atoms with Crippen LogP contribution < -0.4 is 5.32 Å². The fraction of sp³-hybridized carbons (Fsp3) is 0.0625. The molecule has 5 nitrogen and oxygen atoms in total. The highest BCUT2D eigenvalue weighted by molar-refractivity contribution is 9.10.